The molecular formula is C23H33N3O6S. The van der Waals surface area contributed by atoms with Gasteiger partial charge in [-0.3, -0.25) is 9.10 Å². The molecule has 0 spiro atoms. The van der Waals surface area contributed by atoms with Crippen molar-refractivity contribution in [3.05, 3.63) is 48.0 Å². The number of nitrogen functional groups attached to an aromatic ring is 1. The third-order valence-electron chi connectivity index (χ3n) is 4.90. The lowest BCUT2D eigenvalue weighted by Crippen LogP contribution is -2.65. The third kappa shape index (κ3) is 7.32. The molecule has 33 heavy (non-hydrogen) atoms. The van der Waals surface area contributed by atoms with E-state index in [-0.39, 0.29) is 0 Å². The summed E-state index contributed by atoms with van der Waals surface area (Å²) in [4.78, 5) is 11.6. The number of nitrogens with two attached hydrogens (primary N) is 1. The SMILES string of the molecule is CC(=O)NC1C(Oc2cccc(C)c2-c2cccc(N)c2)OC(CO)C(O)C1O.CN(C)S. The van der Waals surface area contributed by atoms with Gasteiger partial charge in [-0.2, -0.15) is 0 Å². The van der Waals surface area contributed by atoms with Crippen LogP contribution in [0.5, 0.6) is 5.75 Å². The van der Waals surface area contributed by atoms with Gasteiger partial charge in [-0.15, -0.1) is 0 Å². The van der Waals surface area contributed by atoms with E-state index in [1.807, 2.05) is 51.4 Å². The Labute approximate surface area is 199 Å². The molecular weight excluding hydrogens is 446 g/mol. The number of thiol groups is 1. The Balaban J connectivity index is 0.000000890. The van der Waals surface area contributed by atoms with Crippen LogP contribution < -0.4 is 15.8 Å². The first-order chi connectivity index (χ1) is 15.5. The molecule has 1 fully saturated rings. The molecule has 3 rings (SSSR count). The number of hydrogen-bond donors (Lipinski definition) is 6. The molecule has 0 aromatic heterocycles. The number of aliphatic hydroxyl groups excluding tert-OH is 3. The fourth-order valence-electron chi connectivity index (χ4n) is 3.50. The zero-order chi connectivity index (χ0) is 24.7. The highest BCUT2D eigenvalue weighted by molar-refractivity contribution is 7.77. The maximum atomic E-state index is 11.6. The number of carbonyl (C=O) groups is 1. The lowest BCUT2D eigenvalue weighted by Gasteiger charge is -2.42. The highest BCUT2D eigenvalue weighted by Crippen LogP contribution is 2.36. The van der Waals surface area contributed by atoms with Crippen LogP contribution in [-0.4, -0.2) is 76.9 Å². The van der Waals surface area contributed by atoms with Gasteiger partial charge in [0.25, 0.3) is 0 Å². The monoisotopic (exact) mass is 479 g/mol. The molecule has 10 heteroatoms. The second kappa shape index (κ2) is 12.2. The van der Waals surface area contributed by atoms with Gasteiger partial charge >= 0.3 is 0 Å². The van der Waals surface area contributed by atoms with Crippen LogP contribution in [0.4, 0.5) is 5.69 Å². The molecule has 2 aromatic carbocycles. The summed E-state index contributed by atoms with van der Waals surface area (Å²) in [6.45, 7) is 2.70. The lowest BCUT2D eigenvalue weighted by molar-refractivity contribution is -0.244. The van der Waals surface area contributed by atoms with Crippen LogP contribution in [0.2, 0.25) is 0 Å². The highest BCUT2D eigenvalue weighted by atomic mass is 32.1. The third-order valence-corrected chi connectivity index (χ3v) is 4.90. The molecule has 0 radical (unpaired) electrons. The molecule has 1 aliphatic heterocycles. The number of carbonyl (C=O) groups excluding carboxylic acids is 1. The molecule has 2 aromatic rings. The van der Waals surface area contributed by atoms with Gasteiger partial charge in [0.1, 0.15) is 30.1 Å². The van der Waals surface area contributed by atoms with Gasteiger partial charge in [-0.25, -0.2) is 0 Å². The van der Waals surface area contributed by atoms with E-state index in [0.717, 1.165) is 16.7 Å². The molecule has 0 bridgehead atoms. The van der Waals surface area contributed by atoms with Crippen molar-refractivity contribution in [2.45, 2.75) is 44.5 Å². The van der Waals surface area contributed by atoms with Crippen LogP contribution in [-0.2, 0) is 9.53 Å². The molecule has 0 aliphatic carbocycles. The minimum Gasteiger partial charge on any atom is -0.462 e. The zero-order valence-corrected chi connectivity index (χ0v) is 20.1. The van der Waals surface area contributed by atoms with Crippen molar-refractivity contribution in [3.63, 3.8) is 0 Å². The molecule has 5 atom stereocenters. The zero-order valence-electron chi connectivity index (χ0n) is 19.2. The van der Waals surface area contributed by atoms with Crippen molar-refractivity contribution in [1.82, 2.24) is 9.62 Å². The lowest BCUT2D eigenvalue weighted by atomic mass is 9.96. The molecule has 1 aliphatic rings. The van der Waals surface area contributed by atoms with Gasteiger partial charge in [-0.1, -0.05) is 37.1 Å². The van der Waals surface area contributed by atoms with Crippen LogP contribution in [0.3, 0.4) is 0 Å². The largest absolute Gasteiger partial charge is 0.462 e. The second-order valence-electron chi connectivity index (χ2n) is 7.97. The number of nitrogens with zero attached hydrogens (tertiary/aromatic N) is 1. The number of hydrogen-bond acceptors (Lipinski definition) is 9. The second-order valence-corrected chi connectivity index (χ2v) is 8.77. The number of anilines is 1. The topological polar surface area (TPSA) is 138 Å². The quantitative estimate of drug-likeness (QED) is 0.276. The Morgan fingerprint density at radius 1 is 1.21 bits per heavy atom. The molecule has 1 saturated heterocycles. The van der Waals surface area contributed by atoms with Crippen LogP contribution in [0.1, 0.15) is 12.5 Å². The average Bonchev–Trinajstić information content (AvgIpc) is 2.72. The van der Waals surface area contributed by atoms with Gasteiger partial charge in [0.2, 0.25) is 12.2 Å². The molecule has 1 heterocycles. The maximum absolute atomic E-state index is 11.6. The summed E-state index contributed by atoms with van der Waals surface area (Å²) in [6.07, 6.45) is -4.94. The van der Waals surface area contributed by atoms with Crippen molar-refractivity contribution in [3.8, 4) is 16.9 Å². The van der Waals surface area contributed by atoms with Crippen LogP contribution in [0.25, 0.3) is 11.1 Å². The van der Waals surface area contributed by atoms with E-state index in [4.69, 9.17) is 15.2 Å². The Bertz CT molecular complexity index is 926. The fraction of sp³-hybridized carbons (Fsp3) is 0.435. The van der Waals surface area contributed by atoms with Gasteiger partial charge in [0.05, 0.1) is 6.61 Å². The smallest absolute Gasteiger partial charge is 0.223 e. The summed E-state index contributed by atoms with van der Waals surface area (Å²) in [6, 6.07) is 11.8. The molecule has 182 valence electrons. The van der Waals surface area contributed by atoms with Crippen molar-refractivity contribution < 1.29 is 29.6 Å². The first-order valence-electron chi connectivity index (χ1n) is 10.4. The molecule has 0 saturated carbocycles. The normalized spacial score (nSPS) is 24.6. The Morgan fingerprint density at radius 2 is 1.85 bits per heavy atom. The minimum atomic E-state index is -1.38. The van der Waals surface area contributed by atoms with Crippen LogP contribution in [0.15, 0.2) is 42.5 Å². The van der Waals surface area contributed by atoms with Crippen LogP contribution >= 0.6 is 12.8 Å². The van der Waals surface area contributed by atoms with E-state index in [2.05, 4.69) is 18.1 Å². The number of aryl methyl sites for hydroxylation is 1. The molecule has 1 amide bonds. The maximum Gasteiger partial charge on any atom is 0.223 e. The summed E-state index contributed by atoms with van der Waals surface area (Å²) < 4.78 is 13.4. The van der Waals surface area contributed by atoms with E-state index in [1.165, 1.54) is 6.92 Å². The van der Waals surface area contributed by atoms with Crippen molar-refractivity contribution in [2.24, 2.45) is 0 Å². The van der Waals surface area contributed by atoms with Gasteiger partial charge in [0, 0.05) is 18.2 Å². The predicted molar refractivity (Wildman–Crippen MR) is 130 cm³/mol. The number of rotatable bonds is 5. The van der Waals surface area contributed by atoms with Crippen molar-refractivity contribution >= 4 is 24.4 Å². The van der Waals surface area contributed by atoms with E-state index in [9.17, 15) is 20.1 Å². The minimum absolute atomic E-state index is 0.416. The number of aliphatic hydroxyl groups is 3. The Hall–Kier alpha value is -2.34. The van der Waals surface area contributed by atoms with Crippen LogP contribution in [0, 0.1) is 6.92 Å². The summed E-state index contributed by atoms with van der Waals surface area (Å²) in [5, 5.41) is 32.7. The first kappa shape index (κ1) is 26.9. The molecule has 6 N–H and O–H groups in total. The Morgan fingerprint density at radius 3 is 2.42 bits per heavy atom. The van der Waals surface area contributed by atoms with Gasteiger partial charge < -0.3 is 35.8 Å². The summed E-state index contributed by atoms with van der Waals surface area (Å²) >= 11 is 3.80. The summed E-state index contributed by atoms with van der Waals surface area (Å²) in [7, 11) is 3.73. The van der Waals surface area contributed by atoms with Crippen molar-refractivity contribution in [2.75, 3.05) is 26.4 Å². The highest BCUT2D eigenvalue weighted by Gasteiger charge is 2.46. The molecule has 5 unspecified atom stereocenters. The van der Waals surface area contributed by atoms with E-state index in [0.29, 0.717) is 11.4 Å². The fourth-order valence-corrected chi connectivity index (χ4v) is 3.50. The van der Waals surface area contributed by atoms with Gasteiger partial charge in [0.15, 0.2) is 0 Å². The first-order valence-corrected chi connectivity index (χ1v) is 10.8. The number of benzene rings is 2. The molecule has 9 nitrogen and oxygen atoms in total. The Kier molecular flexibility index (Phi) is 9.96. The van der Waals surface area contributed by atoms with E-state index in [1.54, 1.807) is 16.4 Å². The van der Waals surface area contributed by atoms with E-state index < -0.39 is 43.2 Å². The van der Waals surface area contributed by atoms with E-state index >= 15 is 0 Å². The van der Waals surface area contributed by atoms with Crippen molar-refractivity contribution in [1.29, 1.82) is 0 Å². The predicted octanol–water partition coefficient (Wildman–Crippen LogP) is 0.960. The number of amides is 1. The number of nitrogens with one attached hydrogen (secondary N) is 1. The standard InChI is InChI=1S/C21H26N2O6.C2H7NS/c1-11-5-3-8-15(17(11)13-6-4-7-14(22)9-13)28-21-18(23-12(2)25)20(27)19(26)16(10-24)29-21;1-3(2)4/h3-9,16,18-21,24,26-27H,10,22H2,1-2H3,(H,23,25);4H,1-2H3. The summed E-state index contributed by atoms with van der Waals surface area (Å²) in [5.74, 6) is 0.0393. The van der Waals surface area contributed by atoms with Gasteiger partial charge in [-0.05, 0) is 50.3 Å². The number of ether oxygens (including phenoxy) is 2. The summed E-state index contributed by atoms with van der Waals surface area (Å²) in [5.41, 5.74) is 9.07. The average molecular weight is 480 g/mol.